The Morgan fingerprint density at radius 1 is 1.14 bits per heavy atom. The average molecular weight is 508 g/mol. The molecule has 0 bridgehead atoms. The SMILES string of the molecule is CCCCNC(=O)C(c1cc(C)ccc1C)N(C(=O)C(CCSC)NC(=O)OC(C)(C)C)C(C)C. The minimum atomic E-state index is -0.809. The summed E-state index contributed by atoms with van der Waals surface area (Å²) in [7, 11) is 0. The molecule has 1 aromatic rings. The van der Waals surface area contributed by atoms with Crippen LogP contribution in [0.5, 0.6) is 0 Å². The fourth-order valence-corrected chi connectivity index (χ4v) is 4.23. The van der Waals surface area contributed by atoms with E-state index < -0.39 is 23.8 Å². The highest BCUT2D eigenvalue weighted by Gasteiger charge is 2.38. The molecule has 0 aliphatic heterocycles. The number of alkyl carbamates (subject to hydrolysis) is 1. The quantitative estimate of drug-likeness (QED) is 0.382. The number of carbonyl (C=O) groups excluding carboxylic acids is 3. The number of rotatable bonds is 12. The number of ether oxygens (including phenoxy) is 1. The lowest BCUT2D eigenvalue weighted by Gasteiger charge is -2.38. The first-order valence-electron chi connectivity index (χ1n) is 12.5. The Kier molecular flexibility index (Phi) is 12.6. The summed E-state index contributed by atoms with van der Waals surface area (Å²) in [6.07, 6.45) is 3.56. The number of thioether (sulfide) groups is 1. The zero-order valence-corrected chi connectivity index (χ0v) is 23.8. The van der Waals surface area contributed by atoms with E-state index in [1.54, 1.807) is 37.4 Å². The molecule has 2 atom stereocenters. The highest BCUT2D eigenvalue weighted by Crippen LogP contribution is 2.29. The highest BCUT2D eigenvalue weighted by molar-refractivity contribution is 7.98. The first-order valence-corrected chi connectivity index (χ1v) is 13.9. The second-order valence-corrected chi connectivity index (χ2v) is 11.2. The largest absolute Gasteiger partial charge is 0.444 e. The topological polar surface area (TPSA) is 87.7 Å². The summed E-state index contributed by atoms with van der Waals surface area (Å²) >= 11 is 1.59. The Morgan fingerprint density at radius 2 is 1.80 bits per heavy atom. The van der Waals surface area contributed by atoms with Crippen LogP contribution < -0.4 is 10.6 Å². The Balaban J connectivity index is 3.46. The highest BCUT2D eigenvalue weighted by atomic mass is 32.2. The molecule has 0 aliphatic rings. The number of carbonyl (C=O) groups is 3. The van der Waals surface area contributed by atoms with Crippen molar-refractivity contribution in [3.05, 3.63) is 34.9 Å². The van der Waals surface area contributed by atoms with E-state index in [9.17, 15) is 14.4 Å². The lowest BCUT2D eigenvalue weighted by atomic mass is 9.95. The van der Waals surface area contributed by atoms with Crippen LogP contribution in [-0.2, 0) is 14.3 Å². The van der Waals surface area contributed by atoms with Gasteiger partial charge in [0.25, 0.3) is 0 Å². The molecule has 1 aromatic carbocycles. The van der Waals surface area contributed by atoms with Gasteiger partial charge in [0.05, 0.1) is 0 Å². The minimum absolute atomic E-state index is 0.213. The van der Waals surface area contributed by atoms with Gasteiger partial charge >= 0.3 is 6.09 Å². The van der Waals surface area contributed by atoms with Crippen molar-refractivity contribution in [1.82, 2.24) is 15.5 Å². The summed E-state index contributed by atoms with van der Waals surface area (Å²) in [6, 6.07) is 4.05. The van der Waals surface area contributed by atoms with Crippen LogP contribution in [0.3, 0.4) is 0 Å². The number of hydrogen-bond acceptors (Lipinski definition) is 5. The zero-order valence-electron chi connectivity index (χ0n) is 23.0. The summed E-state index contributed by atoms with van der Waals surface area (Å²) in [6.45, 7) is 15.7. The van der Waals surface area contributed by atoms with E-state index in [4.69, 9.17) is 4.74 Å². The van der Waals surface area contributed by atoms with Gasteiger partial charge in [-0.15, -0.1) is 0 Å². The van der Waals surface area contributed by atoms with Crippen molar-refractivity contribution >= 4 is 29.7 Å². The van der Waals surface area contributed by atoms with Crippen LogP contribution >= 0.6 is 11.8 Å². The van der Waals surface area contributed by atoms with Gasteiger partial charge < -0.3 is 20.3 Å². The van der Waals surface area contributed by atoms with Crippen molar-refractivity contribution < 1.29 is 19.1 Å². The molecule has 0 aromatic heterocycles. The molecule has 0 saturated carbocycles. The zero-order chi connectivity index (χ0) is 26.8. The Labute approximate surface area is 216 Å². The summed E-state index contributed by atoms with van der Waals surface area (Å²) in [4.78, 5) is 41.8. The van der Waals surface area contributed by atoms with Crippen LogP contribution in [0.15, 0.2) is 18.2 Å². The van der Waals surface area contributed by atoms with Gasteiger partial charge in [-0.1, -0.05) is 37.1 Å². The van der Waals surface area contributed by atoms with Gasteiger partial charge in [-0.3, -0.25) is 9.59 Å². The van der Waals surface area contributed by atoms with Crippen LogP contribution in [0.25, 0.3) is 0 Å². The van der Waals surface area contributed by atoms with Crippen LogP contribution in [-0.4, -0.2) is 59.0 Å². The van der Waals surface area contributed by atoms with Crippen LogP contribution in [0.1, 0.15) is 83.5 Å². The van der Waals surface area contributed by atoms with Crippen molar-refractivity contribution in [1.29, 1.82) is 0 Å². The number of nitrogens with zero attached hydrogens (tertiary/aromatic N) is 1. The summed E-state index contributed by atoms with van der Waals surface area (Å²) in [5.74, 6) is 0.168. The first-order chi connectivity index (χ1) is 16.3. The molecule has 2 unspecified atom stereocenters. The van der Waals surface area contributed by atoms with Gasteiger partial charge in [-0.05, 0) is 84.4 Å². The van der Waals surface area contributed by atoms with Crippen molar-refractivity contribution in [2.24, 2.45) is 0 Å². The predicted molar refractivity (Wildman–Crippen MR) is 145 cm³/mol. The lowest BCUT2D eigenvalue weighted by molar-refractivity contribution is -0.144. The number of benzene rings is 1. The second kappa shape index (κ2) is 14.4. The standard InChI is InChI=1S/C27H45N3O4S/c1-10-11-15-28-24(31)23(21-17-19(4)12-13-20(21)5)30(18(2)3)25(32)22(14-16-35-9)29-26(33)34-27(6,7)8/h12-13,17-18,22-23H,10-11,14-16H2,1-9H3,(H,28,31)(H,29,33). The molecule has 3 amide bonds. The van der Waals surface area contributed by atoms with E-state index in [1.807, 2.05) is 52.1 Å². The third-order valence-electron chi connectivity index (χ3n) is 5.50. The van der Waals surface area contributed by atoms with E-state index in [2.05, 4.69) is 17.6 Å². The molecular formula is C27H45N3O4S. The second-order valence-electron chi connectivity index (χ2n) is 10.2. The third-order valence-corrected chi connectivity index (χ3v) is 6.14. The van der Waals surface area contributed by atoms with Gasteiger partial charge in [-0.2, -0.15) is 11.8 Å². The van der Waals surface area contributed by atoms with E-state index in [1.165, 1.54) is 0 Å². The number of aryl methyl sites for hydroxylation is 2. The molecule has 0 heterocycles. The van der Waals surface area contributed by atoms with Gasteiger partial charge in [0.1, 0.15) is 17.7 Å². The predicted octanol–water partition coefficient (Wildman–Crippen LogP) is 5.14. The van der Waals surface area contributed by atoms with Crippen molar-refractivity contribution in [3.63, 3.8) is 0 Å². The number of amides is 3. The smallest absolute Gasteiger partial charge is 0.408 e. The van der Waals surface area contributed by atoms with Crippen LogP contribution in [0.4, 0.5) is 4.79 Å². The van der Waals surface area contributed by atoms with E-state index in [0.717, 1.165) is 29.5 Å². The Bertz CT molecular complexity index is 851. The molecular weight excluding hydrogens is 462 g/mol. The van der Waals surface area contributed by atoms with Crippen LogP contribution in [0, 0.1) is 13.8 Å². The van der Waals surface area contributed by atoms with Gasteiger partial charge in [-0.25, -0.2) is 4.79 Å². The molecule has 8 heteroatoms. The van der Waals surface area contributed by atoms with E-state index in [0.29, 0.717) is 18.7 Å². The molecule has 35 heavy (non-hydrogen) atoms. The molecule has 198 valence electrons. The molecule has 2 N–H and O–H groups in total. The maximum absolute atomic E-state index is 14.0. The van der Waals surface area contributed by atoms with Gasteiger partial charge in [0.15, 0.2) is 0 Å². The fraction of sp³-hybridized carbons (Fsp3) is 0.667. The molecule has 0 aliphatic carbocycles. The summed E-state index contributed by atoms with van der Waals surface area (Å²) < 4.78 is 5.42. The average Bonchev–Trinajstić information content (AvgIpc) is 2.74. The Hall–Kier alpha value is -2.22. The summed E-state index contributed by atoms with van der Waals surface area (Å²) in [5.41, 5.74) is 2.06. The number of unbranched alkanes of at least 4 members (excludes halogenated alkanes) is 1. The van der Waals surface area contributed by atoms with Crippen LogP contribution in [0.2, 0.25) is 0 Å². The number of hydrogen-bond donors (Lipinski definition) is 2. The molecule has 7 nitrogen and oxygen atoms in total. The molecule has 0 spiro atoms. The maximum atomic E-state index is 14.0. The van der Waals surface area contributed by atoms with Crippen molar-refractivity contribution in [3.8, 4) is 0 Å². The first kappa shape index (κ1) is 30.8. The lowest BCUT2D eigenvalue weighted by Crippen LogP contribution is -2.55. The normalized spacial score (nSPS) is 13.2. The fourth-order valence-electron chi connectivity index (χ4n) is 3.76. The van der Waals surface area contributed by atoms with Gasteiger partial charge in [0.2, 0.25) is 11.8 Å². The Morgan fingerprint density at radius 3 is 2.34 bits per heavy atom. The molecule has 0 radical (unpaired) electrons. The van der Waals surface area contributed by atoms with Crippen molar-refractivity contribution in [2.45, 2.75) is 98.4 Å². The molecule has 1 rings (SSSR count). The third kappa shape index (κ3) is 10.1. The number of nitrogens with one attached hydrogen (secondary N) is 2. The van der Waals surface area contributed by atoms with E-state index in [-0.39, 0.29) is 17.9 Å². The summed E-state index contributed by atoms with van der Waals surface area (Å²) in [5, 5.41) is 5.79. The monoisotopic (exact) mass is 507 g/mol. The molecule has 0 fully saturated rings. The molecule has 0 saturated heterocycles. The van der Waals surface area contributed by atoms with E-state index >= 15 is 0 Å². The minimum Gasteiger partial charge on any atom is -0.444 e. The maximum Gasteiger partial charge on any atom is 0.408 e. The van der Waals surface area contributed by atoms with Gasteiger partial charge in [0, 0.05) is 12.6 Å². The van der Waals surface area contributed by atoms with Crippen molar-refractivity contribution in [2.75, 3.05) is 18.6 Å².